The van der Waals surface area contributed by atoms with Gasteiger partial charge in [-0.25, -0.2) is 8.78 Å². The molecule has 0 aliphatic heterocycles. The van der Waals surface area contributed by atoms with Gasteiger partial charge in [-0.1, -0.05) is 42.2 Å². The van der Waals surface area contributed by atoms with Crippen LogP contribution in [0.1, 0.15) is 45.6 Å². The summed E-state index contributed by atoms with van der Waals surface area (Å²) < 4.78 is 28.2. The number of aromatic nitrogens is 3. The highest BCUT2D eigenvalue weighted by molar-refractivity contribution is 5.94. The van der Waals surface area contributed by atoms with Crippen LogP contribution in [0, 0.1) is 11.8 Å². The topological polar surface area (TPSA) is 51.0 Å². The highest BCUT2D eigenvalue weighted by Gasteiger charge is 2.18. The Labute approximate surface area is 174 Å². The standard InChI is InChI=1S/C23H22F2N4O/c1-28(12-6-9-17-7-4-3-5-8-17)23(30)20-13-19(21(22(24)25)26-15-20)11-10-18-14-27-29(2)16-18/h3-5,7-8,13-16,22H,6,9,12H2,1-2H3. The summed E-state index contributed by atoms with van der Waals surface area (Å²) in [6, 6.07) is 11.4. The molecule has 0 fully saturated rings. The van der Waals surface area contributed by atoms with E-state index in [2.05, 4.69) is 21.9 Å². The molecule has 0 bridgehead atoms. The summed E-state index contributed by atoms with van der Waals surface area (Å²) in [6.45, 7) is 0.543. The zero-order valence-electron chi connectivity index (χ0n) is 16.8. The van der Waals surface area contributed by atoms with Crippen molar-refractivity contribution in [3.05, 3.63) is 82.9 Å². The molecule has 2 aromatic heterocycles. The highest BCUT2D eigenvalue weighted by atomic mass is 19.3. The Hall–Kier alpha value is -3.53. The lowest BCUT2D eigenvalue weighted by molar-refractivity contribution is 0.0792. The van der Waals surface area contributed by atoms with E-state index in [0.717, 1.165) is 12.8 Å². The summed E-state index contributed by atoms with van der Waals surface area (Å²) in [5.74, 6) is 5.22. The van der Waals surface area contributed by atoms with Gasteiger partial charge in [0.25, 0.3) is 12.3 Å². The third kappa shape index (κ3) is 5.51. The van der Waals surface area contributed by atoms with E-state index in [4.69, 9.17) is 0 Å². The van der Waals surface area contributed by atoms with Crippen LogP contribution in [0.25, 0.3) is 0 Å². The molecule has 0 aliphatic carbocycles. The number of amides is 1. The first-order chi connectivity index (χ1) is 14.4. The minimum Gasteiger partial charge on any atom is -0.342 e. The van der Waals surface area contributed by atoms with E-state index >= 15 is 0 Å². The van der Waals surface area contributed by atoms with Gasteiger partial charge in [0.1, 0.15) is 5.69 Å². The van der Waals surface area contributed by atoms with Crippen molar-refractivity contribution in [1.82, 2.24) is 19.7 Å². The van der Waals surface area contributed by atoms with Gasteiger partial charge in [0.15, 0.2) is 0 Å². The van der Waals surface area contributed by atoms with E-state index in [-0.39, 0.29) is 17.0 Å². The lowest BCUT2D eigenvalue weighted by Gasteiger charge is -2.17. The Morgan fingerprint density at radius 3 is 2.63 bits per heavy atom. The van der Waals surface area contributed by atoms with E-state index in [0.29, 0.717) is 12.1 Å². The van der Waals surface area contributed by atoms with Crippen molar-refractivity contribution in [3.8, 4) is 11.8 Å². The molecule has 7 heteroatoms. The summed E-state index contributed by atoms with van der Waals surface area (Å²) in [5, 5.41) is 4.00. The van der Waals surface area contributed by atoms with E-state index in [1.807, 2.05) is 30.3 Å². The number of alkyl halides is 2. The molecule has 0 saturated carbocycles. The number of pyridine rings is 1. The zero-order chi connectivity index (χ0) is 21.5. The third-order valence-electron chi connectivity index (χ3n) is 4.57. The number of carbonyl (C=O) groups is 1. The van der Waals surface area contributed by atoms with Crippen LogP contribution >= 0.6 is 0 Å². The largest absolute Gasteiger partial charge is 0.342 e. The maximum atomic E-state index is 13.3. The molecule has 0 N–H and O–H groups in total. The fourth-order valence-corrected chi connectivity index (χ4v) is 2.98. The van der Waals surface area contributed by atoms with Gasteiger partial charge in [-0.2, -0.15) is 5.10 Å². The van der Waals surface area contributed by atoms with Gasteiger partial charge in [0, 0.05) is 33.0 Å². The van der Waals surface area contributed by atoms with Crippen molar-refractivity contribution in [1.29, 1.82) is 0 Å². The second kappa shape index (κ2) is 9.79. The number of aryl methyl sites for hydroxylation is 2. The van der Waals surface area contributed by atoms with Gasteiger partial charge >= 0.3 is 0 Å². The molecule has 3 rings (SSSR count). The number of nitrogens with zero attached hydrogens (tertiary/aromatic N) is 4. The van der Waals surface area contributed by atoms with Crippen LogP contribution < -0.4 is 0 Å². The van der Waals surface area contributed by atoms with Crippen LogP contribution in [0.2, 0.25) is 0 Å². The molecule has 1 aromatic carbocycles. The Kier molecular flexibility index (Phi) is 6.91. The molecule has 0 spiro atoms. The van der Waals surface area contributed by atoms with Crippen LogP contribution in [0.15, 0.2) is 55.0 Å². The average Bonchev–Trinajstić information content (AvgIpc) is 3.17. The number of carbonyl (C=O) groups excluding carboxylic acids is 1. The van der Waals surface area contributed by atoms with Gasteiger partial charge in [-0.05, 0) is 24.5 Å². The van der Waals surface area contributed by atoms with Gasteiger partial charge in [-0.15, -0.1) is 0 Å². The van der Waals surface area contributed by atoms with Gasteiger partial charge < -0.3 is 4.90 Å². The molecule has 0 aliphatic rings. The molecule has 0 atom stereocenters. The lowest BCUT2D eigenvalue weighted by atomic mass is 10.1. The molecule has 3 aromatic rings. The van der Waals surface area contributed by atoms with Gasteiger partial charge in [0.2, 0.25) is 0 Å². The first-order valence-electron chi connectivity index (χ1n) is 9.52. The molecule has 30 heavy (non-hydrogen) atoms. The molecule has 2 heterocycles. The van der Waals surface area contributed by atoms with Crippen molar-refractivity contribution >= 4 is 5.91 Å². The third-order valence-corrected chi connectivity index (χ3v) is 4.57. The zero-order valence-corrected chi connectivity index (χ0v) is 16.8. The Balaban J connectivity index is 1.73. The number of hydrogen-bond donors (Lipinski definition) is 0. The number of halogens is 2. The highest BCUT2D eigenvalue weighted by Crippen LogP contribution is 2.21. The number of rotatable bonds is 6. The molecular formula is C23H22F2N4O. The Morgan fingerprint density at radius 1 is 1.20 bits per heavy atom. The van der Waals surface area contributed by atoms with Crippen molar-refractivity contribution in [3.63, 3.8) is 0 Å². The quantitative estimate of drug-likeness (QED) is 0.582. The fraction of sp³-hybridized carbons (Fsp3) is 0.261. The van der Waals surface area contributed by atoms with Crippen LogP contribution in [0.3, 0.4) is 0 Å². The smallest absolute Gasteiger partial charge is 0.281 e. The van der Waals surface area contributed by atoms with E-state index < -0.39 is 12.1 Å². The SMILES string of the molecule is CN(CCCc1ccccc1)C(=O)c1cnc(C(F)F)c(C#Cc2cnn(C)c2)c1. The van der Waals surface area contributed by atoms with E-state index in [1.54, 1.807) is 29.9 Å². The summed E-state index contributed by atoms with van der Waals surface area (Å²) in [5.41, 5.74) is 1.63. The van der Waals surface area contributed by atoms with Crippen molar-refractivity contribution in [2.45, 2.75) is 19.3 Å². The predicted molar refractivity (Wildman–Crippen MR) is 110 cm³/mol. The average molecular weight is 408 g/mol. The Bertz CT molecular complexity index is 1070. The molecule has 0 unspecified atom stereocenters. The molecule has 0 saturated heterocycles. The van der Waals surface area contributed by atoms with Crippen molar-refractivity contribution in [2.24, 2.45) is 7.05 Å². The van der Waals surface area contributed by atoms with Crippen LogP contribution in [-0.2, 0) is 13.5 Å². The number of hydrogen-bond acceptors (Lipinski definition) is 3. The normalized spacial score (nSPS) is 10.6. The monoisotopic (exact) mass is 408 g/mol. The maximum Gasteiger partial charge on any atom is 0.281 e. The summed E-state index contributed by atoms with van der Waals surface area (Å²) >= 11 is 0. The number of benzene rings is 1. The van der Waals surface area contributed by atoms with E-state index in [9.17, 15) is 13.6 Å². The van der Waals surface area contributed by atoms with Crippen LogP contribution in [0.5, 0.6) is 0 Å². The maximum absolute atomic E-state index is 13.3. The molecule has 1 amide bonds. The lowest BCUT2D eigenvalue weighted by Crippen LogP contribution is -2.28. The molecule has 0 radical (unpaired) electrons. The molecule has 5 nitrogen and oxygen atoms in total. The minimum atomic E-state index is -2.78. The molecule has 154 valence electrons. The molecular weight excluding hydrogens is 386 g/mol. The summed E-state index contributed by atoms with van der Waals surface area (Å²) in [6.07, 6.45) is 3.27. The fourth-order valence-electron chi connectivity index (χ4n) is 2.98. The van der Waals surface area contributed by atoms with Gasteiger partial charge in [-0.3, -0.25) is 14.5 Å². The first-order valence-corrected chi connectivity index (χ1v) is 9.52. The first kappa shape index (κ1) is 21.2. The summed E-state index contributed by atoms with van der Waals surface area (Å²) in [7, 11) is 3.43. The second-order valence-corrected chi connectivity index (χ2v) is 6.93. The van der Waals surface area contributed by atoms with E-state index in [1.165, 1.54) is 24.0 Å². The van der Waals surface area contributed by atoms with Crippen molar-refractivity contribution < 1.29 is 13.6 Å². The Morgan fingerprint density at radius 2 is 1.97 bits per heavy atom. The van der Waals surface area contributed by atoms with Crippen LogP contribution in [0.4, 0.5) is 8.78 Å². The van der Waals surface area contributed by atoms with Crippen molar-refractivity contribution in [2.75, 3.05) is 13.6 Å². The second-order valence-electron chi connectivity index (χ2n) is 6.93. The van der Waals surface area contributed by atoms with Gasteiger partial charge in [0.05, 0.1) is 22.9 Å². The van der Waals surface area contributed by atoms with Crippen LogP contribution in [-0.4, -0.2) is 39.2 Å². The predicted octanol–water partition coefficient (Wildman–Crippen LogP) is 3.86. The minimum absolute atomic E-state index is 0.0392. The summed E-state index contributed by atoms with van der Waals surface area (Å²) in [4.78, 5) is 18.1.